The van der Waals surface area contributed by atoms with Crippen molar-refractivity contribution in [3.8, 4) is 5.69 Å². The Bertz CT molecular complexity index is 3210. The average Bonchev–Trinajstić information content (AvgIpc) is 3.87. The van der Waals surface area contributed by atoms with Crippen LogP contribution in [0.1, 0.15) is 23.5 Å². The van der Waals surface area contributed by atoms with Crippen molar-refractivity contribution in [3.63, 3.8) is 0 Å². The summed E-state index contributed by atoms with van der Waals surface area (Å²) in [5, 5.41) is 10.5. The summed E-state index contributed by atoms with van der Waals surface area (Å²) in [6.45, 7) is 0. The topological polar surface area (TPSA) is 8.17 Å². The zero-order valence-corrected chi connectivity index (χ0v) is 29.6. The van der Waals surface area contributed by atoms with Crippen LogP contribution in [0.2, 0.25) is 0 Å². The van der Waals surface area contributed by atoms with Gasteiger partial charge in [-0.2, -0.15) is 0 Å². The first-order valence-corrected chi connectivity index (χ1v) is 19.3. The Morgan fingerprint density at radius 1 is 0.566 bits per heavy atom. The van der Waals surface area contributed by atoms with Crippen molar-refractivity contribution < 1.29 is 0 Å². The van der Waals surface area contributed by atoms with Gasteiger partial charge in [0.25, 0.3) is 0 Å². The van der Waals surface area contributed by atoms with E-state index in [1.54, 1.807) is 0 Å². The maximum atomic E-state index is 2.54. The van der Waals surface area contributed by atoms with Crippen molar-refractivity contribution in [2.45, 2.75) is 12.3 Å². The molecule has 0 aliphatic heterocycles. The van der Waals surface area contributed by atoms with Gasteiger partial charge in [-0.3, -0.25) is 0 Å². The van der Waals surface area contributed by atoms with Crippen molar-refractivity contribution in [1.82, 2.24) is 4.57 Å². The van der Waals surface area contributed by atoms with Crippen LogP contribution in [0.5, 0.6) is 0 Å². The highest BCUT2D eigenvalue weighted by Gasteiger charge is 2.34. The fraction of sp³-hybridized carbons (Fsp3) is 0.0400. The largest absolute Gasteiger partial charge is 0.309 e. The lowest BCUT2D eigenvalue weighted by Crippen LogP contribution is -2.18. The van der Waals surface area contributed by atoms with Gasteiger partial charge in [-0.15, -0.1) is 11.3 Å². The van der Waals surface area contributed by atoms with E-state index in [0.717, 1.165) is 12.1 Å². The molecule has 10 aromatic rings. The standard InChI is InChI=1S/C50H32N2S/c1-2-14-33(15-3-1)52-44-21-8-6-17-38(44)39-27-25-35(30-46(39)52)51(45-22-11-20-42-40-18-7-9-23-47(40)53-50(42)45)34-24-26-37-41-19-10-13-32-28-31-12-4-5-16-36(31)49(48(32)41)43(37)29-34/h1-25,27-30,37H,26H2. The lowest BCUT2D eigenvalue weighted by Gasteiger charge is -2.31. The number of nitrogens with zero attached hydrogens (tertiary/aromatic N) is 2. The Balaban J connectivity index is 1.14. The molecule has 1 atom stereocenters. The number of anilines is 2. The second-order valence-corrected chi connectivity index (χ2v) is 15.5. The van der Waals surface area contributed by atoms with E-state index < -0.39 is 0 Å². The molecule has 2 aromatic heterocycles. The predicted octanol–water partition coefficient (Wildman–Crippen LogP) is 14.1. The summed E-state index contributed by atoms with van der Waals surface area (Å²) in [5.41, 5.74) is 11.5. The lowest BCUT2D eigenvalue weighted by atomic mass is 9.86. The summed E-state index contributed by atoms with van der Waals surface area (Å²) in [6.07, 6.45) is 5.96. The van der Waals surface area contributed by atoms with E-state index in [9.17, 15) is 0 Å². The Morgan fingerprint density at radius 3 is 2.23 bits per heavy atom. The monoisotopic (exact) mass is 692 g/mol. The molecule has 53 heavy (non-hydrogen) atoms. The number of rotatable bonds is 4. The van der Waals surface area contributed by atoms with Gasteiger partial charge in [0.1, 0.15) is 0 Å². The number of hydrogen-bond acceptors (Lipinski definition) is 2. The Labute approximate surface area is 310 Å². The summed E-state index contributed by atoms with van der Waals surface area (Å²) >= 11 is 1.89. The average molecular weight is 693 g/mol. The minimum Gasteiger partial charge on any atom is -0.309 e. The second kappa shape index (κ2) is 11.0. The normalized spacial score (nSPS) is 15.1. The fourth-order valence-electron chi connectivity index (χ4n) is 9.41. The van der Waals surface area contributed by atoms with Gasteiger partial charge in [0.05, 0.1) is 21.4 Å². The van der Waals surface area contributed by atoms with E-state index >= 15 is 0 Å². The van der Waals surface area contributed by atoms with Gasteiger partial charge >= 0.3 is 0 Å². The van der Waals surface area contributed by atoms with Crippen LogP contribution in [-0.4, -0.2) is 4.57 Å². The van der Waals surface area contributed by atoms with Crippen LogP contribution in [0.15, 0.2) is 182 Å². The highest BCUT2D eigenvalue weighted by Crippen LogP contribution is 2.54. The molecule has 0 saturated carbocycles. The van der Waals surface area contributed by atoms with Gasteiger partial charge in [-0.25, -0.2) is 0 Å². The highest BCUT2D eigenvalue weighted by atomic mass is 32.1. The first-order chi connectivity index (χ1) is 26.3. The summed E-state index contributed by atoms with van der Waals surface area (Å²) in [4.78, 5) is 2.54. The minimum absolute atomic E-state index is 0.341. The lowest BCUT2D eigenvalue weighted by molar-refractivity contribution is 0.884. The molecule has 2 nitrogen and oxygen atoms in total. The molecule has 248 valence electrons. The molecule has 0 spiro atoms. The van der Waals surface area contributed by atoms with E-state index in [0.29, 0.717) is 5.92 Å². The van der Waals surface area contributed by atoms with E-state index in [1.165, 1.54) is 97.3 Å². The molecule has 2 aliphatic carbocycles. The maximum absolute atomic E-state index is 2.54. The molecule has 2 heterocycles. The second-order valence-electron chi connectivity index (χ2n) is 14.4. The Kier molecular flexibility index (Phi) is 6.08. The van der Waals surface area contributed by atoms with E-state index in [1.807, 2.05) is 11.3 Å². The third-order valence-corrected chi connectivity index (χ3v) is 12.8. The summed E-state index contributed by atoms with van der Waals surface area (Å²) in [6, 6.07) is 60.5. The number of benzene rings is 8. The molecule has 12 rings (SSSR count). The van der Waals surface area contributed by atoms with E-state index in [4.69, 9.17) is 0 Å². The van der Waals surface area contributed by atoms with Crippen LogP contribution >= 0.6 is 11.3 Å². The van der Waals surface area contributed by atoms with Gasteiger partial charge in [-0.1, -0.05) is 121 Å². The van der Waals surface area contributed by atoms with Crippen LogP contribution in [-0.2, 0) is 0 Å². The number of fused-ring (bicyclic) bond motifs is 11. The van der Waals surface area contributed by atoms with Gasteiger partial charge < -0.3 is 9.47 Å². The van der Waals surface area contributed by atoms with Crippen LogP contribution in [0.4, 0.5) is 11.4 Å². The SMILES string of the molecule is C1=C2c3c4ccccc4cc4cccc(c34)C2CC=C1N(c1ccc2c3ccccc3n(-c3ccccc3)c2c1)c1cccc2c1sc1ccccc12. The van der Waals surface area contributed by atoms with Gasteiger partial charge in [0.15, 0.2) is 0 Å². The van der Waals surface area contributed by atoms with Crippen molar-refractivity contribution in [2.24, 2.45) is 0 Å². The Morgan fingerprint density at radius 2 is 1.30 bits per heavy atom. The first kappa shape index (κ1) is 29.2. The van der Waals surface area contributed by atoms with Crippen LogP contribution < -0.4 is 4.90 Å². The molecular weight excluding hydrogens is 661 g/mol. The molecule has 0 radical (unpaired) electrons. The van der Waals surface area contributed by atoms with E-state index in [-0.39, 0.29) is 0 Å². The summed E-state index contributed by atoms with van der Waals surface area (Å²) in [7, 11) is 0. The third-order valence-electron chi connectivity index (χ3n) is 11.6. The van der Waals surface area contributed by atoms with Gasteiger partial charge in [0.2, 0.25) is 0 Å². The molecule has 0 fully saturated rings. The zero-order chi connectivity index (χ0) is 34.6. The van der Waals surface area contributed by atoms with Crippen molar-refractivity contribution in [2.75, 3.05) is 4.90 Å². The van der Waals surface area contributed by atoms with Gasteiger partial charge in [0, 0.05) is 49.2 Å². The number of thiophene rings is 1. The molecule has 0 amide bonds. The van der Waals surface area contributed by atoms with Crippen LogP contribution in [0.25, 0.3) is 74.8 Å². The zero-order valence-electron chi connectivity index (χ0n) is 28.8. The molecule has 0 saturated heterocycles. The molecule has 0 bridgehead atoms. The number of aromatic nitrogens is 1. The number of para-hydroxylation sites is 2. The summed E-state index contributed by atoms with van der Waals surface area (Å²) < 4.78 is 5.05. The summed E-state index contributed by atoms with van der Waals surface area (Å²) in [5.74, 6) is 0.341. The molecule has 3 heteroatoms. The Hall–Kier alpha value is -6.42. The molecule has 2 aliphatic rings. The molecule has 8 aromatic carbocycles. The van der Waals surface area contributed by atoms with Crippen molar-refractivity contribution in [3.05, 3.63) is 193 Å². The number of allylic oxidation sites excluding steroid dienone is 3. The van der Waals surface area contributed by atoms with E-state index in [2.05, 4.69) is 185 Å². The van der Waals surface area contributed by atoms with Crippen LogP contribution in [0, 0.1) is 0 Å². The highest BCUT2D eigenvalue weighted by molar-refractivity contribution is 7.26. The maximum Gasteiger partial charge on any atom is 0.0640 e. The minimum atomic E-state index is 0.341. The molecular formula is C50H32N2S. The third kappa shape index (κ3) is 4.14. The van der Waals surface area contributed by atoms with Crippen molar-refractivity contribution >= 4 is 91.8 Å². The van der Waals surface area contributed by atoms with Crippen molar-refractivity contribution in [1.29, 1.82) is 0 Å². The molecule has 1 unspecified atom stereocenters. The molecule has 0 N–H and O–H groups in total. The van der Waals surface area contributed by atoms with Crippen LogP contribution in [0.3, 0.4) is 0 Å². The smallest absolute Gasteiger partial charge is 0.0640 e. The first-order valence-electron chi connectivity index (χ1n) is 18.5. The number of hydrogen-bond donors (Lipinski definition) is 0. The predicted molar refractivity (Wildman–Crippen MR) is 227 cm³/mol. The fourth-order valence-corrected chi connectivity index (χ4v) is 10.6. The quantitative estimate of drug-likeness (QED) is 0.167. The van der Waals surface area contributed by atoms with Gasteiger partial charge in [-0.05, 0) is 99.3 Å².